The van der Waals surface area contributed by atoms with Crippen LogP contribution < -0.4 is 0 Å². The van der Waals surface area contributed by atoms with E-state index >= 15 is 0 Å². The van der Waals surface area contributed by atoms with Gasteiger partial charge in [0.1, 0.15) is 0 Å². The van der Waals surface area contributed by atoms with Crippen LogP contribution in [0.4, 0.5) is 0 Å². The lowest BCUT2D eigenvalue weighted by Gasteiger charge is -2.37. The maximum atomic E-state index is 10.9. The largest absolute Gasteiger partial charge is 0.481 e. The Kier molecular flexibility index (Phi) is 3.80. The molecule has 1 saturated carbocycles. The number of rotatable bonds is 5. The van der Waals surface area contributed by atoms with Crippen molar-refractivity contribution in [2.24, 2.45) is 5.41 Å². The number of halogens is 1. The van der Waals surface area contributed by atoms with Gasteiger partial charge < -0.3 is 5.11 Å². The van der Waals surface area contributed by atoms with Crippen molar-refractivity contribution in [1.82, 2.24) is 0 Å². The second kappa shape index (κ2) is 4.44. The lowest BCUT2D eigenvalue weighted by molar-refractivity contribution is -0.155. The molecule has 0 bridgehead atoms. The Labute approximate surface area is 86.9 Å². The van der Waals surface area contributed by atoms with E-state index in [1.54, 1.807) is 0 Å². The molecule has 0 aromatic heterocycles. The zero-order valence-corrected chi connectivity index (χ0v) is 9.34. The number of aliphatic carboxylic acids is 1. The lowest BCUT2D eigenvalue weighted by Crippen LogP contribution is -2.37. The zero-order chi connectivity index (χ0) is 9.03. The summed E-state index contributed by atoms with van der Waals surface area (Å²) in [7, 11) is 0. The fourth-order valence-corrected chi connectivity index (χ4v) is 2.27. The molecule has 1 N–H and O–H groups in total. The molecule has 0 unspecified atom stereocenters. The molecule has 1 aliphatic carbocycles. The lowest BCUT2D eigenvalue weighted by atomic mass is 9.66. The molecule has 0 heterocycles. The number of hydrogen-bond donors (Lipinski definition) is 1. The van der Waals surface area contributed by atoms with E-state index in [0.717, 1.165) is 43.0 Å². The first-order chi connectivity index (χ1) is 5.71. The standard InChI is InChI=1S/C9H15IO2/c10-7-2-1-4-9(8(11)12)5-3-6-9/h1-7H2,(H,11,12). The van der Waals surface area contributed by atoms with Crippen LogP contribution in [0.5, 0.6) is 0 Å². The van der Waals surface area contributed by atoms with Crippen molar-refractivity contribution < 1.29 is 9.90 Å². The second-order valence-corrected chi connectivity index (χ2v) is 4.66. The van der Waals surface area contributed by atoms with Crippen LogP contribution in [0.3, 0.4) is 0 Å². The van der Waals surface area contributed by atoms with Gasteiger partial charge in [-0.1, -0.05) is 35.4 Å². The van der Waals surface area contributed by atoms with Crippen LogP contribution in [0.1, 0.15) is 38.5 Å². The van der Waals surface area contributed by atoms with Gasteiger partial charge in [0.2, 0.25) is 0 Å². The summed E-state index contributed by atoms with van der Waals surface area (Å²) < 4.78 is 1.15. The number of unbranched alkanes of at least 4 members (excludes halogenated alkanes) is 1. The van der Waals surface area contributed by atoms with Crippen LogP contribution in [0.25, 0.3) is 0 Å². The van der Waals surface area contributed by atoms with Crippen LogP contribution in [0.2, 0.25) is 0 Å². The zero-order valence-electron chi connectivity index (χ0n) is 7.18. The molecule has 3 heteroatoms. The third-order valence-corrected chi connectivity index (χ3v) is 3.57. The van der Waals surface area contributed by atoms with E-state index in [-0.39, 0.29) is 5.41 Å². The molecule has 2 nitrogen and oxygen atoms in total. The maximum Gasteiger partial charge on any atom is 0.309 e. The first-order valence-electron chi connectivity index (χ1n) is 4.51. The van der Waals surface area contributed by atoms with Gasteiger partial charge >= 0.3 is 5.97 Å². The molecule has 0 aliphatic heterocycles. The molecular formula is C9H15IO2. The number of hydrogen-bond acceptors (Lipinski definition) is 1. The minimum atomic E-state index is -0.567. The van der Waals surface area contributed by atoms with E-state index in [2.05, 4.69) is 22.6 Å². The first kappa shape index (κ1) is 10.3. The molecule has 0 aromatic carbocycles. The average Bonchev–Trinajstić information content (AvgIpc) is 1.94. The van der Waals surface area contributed by atoms with Crippen molar-refractivity contribution in [2.45, 2.75) is 38.5 Å². The highest BCUT2D eigenvalue weighted by molar-refractivity contribution is 14.1. The molecule has 0 atom stereocenters. The normalized spacial score (nSPS) is 20.1. The summed E-state index contributed by atoms with van der Waals surface area (Å²) in [6.45, 7) is 0. The summed E-state index contributed by atoms with van der Waals surface area (Å²) >= 11 is 2.34. The molecule has 1 aliphatic rings. The molecule has 0 spiro atoms. The smallest absolute Gasteiger partial charge is 0.309 e. The van der Waals surface area contributed by atoms with E-state index in [1.165, 1.54) is 0 Å². The highest BCUT2D eigenvalue weighted by Gasteiger charge is 2.43. The quantitative estimate of drug-likeness (QED) is 0.478. The maximum absolute atomic E-state index is 10.9. The Morgan fingerprint density at radius 1 is 1.42 bits per heavy atom. The molecule has 0 aromatic rings. The van der Waals surface area contributed by atoms with Gasteiger partial charge in [0, 0.05) is 0 Å². The van der Waals surface area contributed by atoms with Crippen molar-refractivity contribution in [3.8, 4) is 0 Å². The fraction of sp³-hybridized carbons (Fsp3) is 0.889. The van der Waals surface area contributed by atoms with Gasteiger partial charge in [-0.25, -0.2) is 0 Å². The number of carboxylic acids is 1. The van der Waals surface area contributed by atoms with E-state index in [1.807, 2.05) is 0 Å². The molecule has 0 radical (unpaired) electrons. The van der Waals surface area contributed by atoms with Crippen LogP contribution in [0.15, 0.2) is 0 Å². The SMILES string of the molecule is O=C(O)C1(CCCCI)CCC1. The highest BCUT2D eigenvalue weighted by atomic mass is 127. The summed E-state index contributed by atoms with van der Waals surface area (Å²) in [5.74, 6) is -0.567. The van der Waals surface area contributed by atoms with Crippen LogP contribution in [0, 0.1) is 5.41 Å². The van der Waals surface area contributed by atoms with E-state index in [9.17, 15) is 4.79 Å². The second-order valence-electron chi connectivity index (χ2n) is 3.59. The van der Waals surface area contributed by atoms with Gasteiger partial charge in [-0.15, -0.1) is 0 Å². The number of carboxylic acid groups (broad SMARTS) is 1. The topological polar surface area (TPSA) is 37.3 Å². The van der Waals surface area contributed by atoms with Crippen molar-refractivity contribution in [3.63, 3.8) is 0 Å². The van der Waals surface area contributed by atoms with Gasteiger partial charge in [0.25, 0.3) is 0 Å². The third-order valence-electron chi connectivity index (χ3n) is 2.80. The van der Waals surface area contributed by atoms with Crippen molar-refractivity contribution in [2.75, 3.05) is 4.43 Å². The average molecular weight is 282 g/mol. The van der Waals surface area contributed by atoms with Gasteiger partial charge in [-0.05, 0) is 30.1 Å². The predicted molar refractivity (Wildman–Crippen MR) is 56.7 cm³/mol. The van der Waals surface area contributed by atoms with Crippen LogP contribution in [-0.4, -0.2) is 15.5 Å². The van der Waals surface area contributed by atoms with Gasteiger partial charge in [-0.2, -0.15) is 0 Å². The summed E-state index contributed by atoms with van der Waals surface area (Å²) in [6.07, 6.45) is 6.06. The molecule has 0 amide bonds. The van der Waals surface area contributed by atoms with Gasteiger partial charge in [-0.3, -0.25) is 4.79 Å². The molecular weight excluding hydrogens is 267 g/mol. The summed E-state index contributed by atoms with van der Waals surface area (Å²) in [5.41, 5.74) is -0.314. The molecule has 70 valence electrons. The van der Waals surface area contributed by atoms with Crippen LogP contribution in [-0.2, 0) is 4.79 Å². The molecule has 1 rings (SSSR count). The molecule has 0 saturated heterocycles. The molecule has 12 heavy (non-hydrogen) atoms. The van der Waals surface area contributed by atoms with Gasteiger partial charge in [0.05, 0.1) is 5.41 Å². The van der Waals surface area contributed by atoms with E-state index in [0.29, 0.717) is 0 Å². The Balaban J connectivity index is 2.30. The molecule has 1 fully saturated rings. The minimum absolute atomic E-state index is 0.314. The van der Waals surface area contributed by atoms with Crippen molar-refractivity contribution in [1.29, 1.82) is 0 Å². The van der Waals surface area contributed by atoms with Crippen molar-refractivity contribution in [3.05, 3.63) is 0 Å². The summed E-state index contributed by atoms with van der Waals surface area (Å²) in [6, 6.07) is 0. The van der Waals surface area contributed by atoms with Crippen molar-refractivity contribution >= 4 is 28.6 Å². The van der Waals surface area contributed by atoms with Gasteiger partial charge in [0.15, 0.2) is 0 Å². The van der Waals surface area contributed by atoms with E-state index in [4.69, 9.17) is 5.11 Å². The monoisotopic (exact) mass is 282 g/mol. The highest BCUT2D eigenvalue weighted by Crippen LogP contribution is 2.45. The van der Waals surface area contributed by atoms with E-state index < -0.39 is 5.97 Å². The summed E-state index contributed by atoms with van der Waals surface area (Å²) in [5, 5.41) is 8.98. The fourth-order valence-electron chi connectivity index (χ4n) is 1.73. The Morgan fingerprint density at radius 2 is 2.08 bits per heavy atom. The third kappa shape index (κ3) is 2.12. The van der Waals surface area contributed by atoms with Crippen LogP contribution >= 0.6 is 22.6 Å². The Hall–Kier alpha value is 0.200. The number of carbonyl (C=O) groups is 1. The predicted octanol–water partition coefficient (Wildman–Crippen LogP) is 2.85. The number of alkyl halides is 1. The first-order valence-corrected chi connectivity index (χ1v) is 6.03. The summed E-state index contributed by atoms with van der Waals surface area (Å²) in [4.78, 5) is 10.9. The Morgan fingerprint density at radius 3 is 2.42 bits per heavy atom. The Bertz CT molecular complexity index is 164. The minimum Gasteiger partial charge on any atom is -0.481 e.